The number of benzene rings is 1. The first-order valence-corrected chi connectivity index (χ1v) is 5.37. The average Bonchev–Trinajstić information content (AvgIpc) is 2.72. The summed E-state index contributed by atoms with van der Waals surface area (Å²) in [5.41, 5.74) is 3.22. The number of aromatic nitrogens is 3. The van der Waals surface area contributed by atoms with Crippen LogP contribution in [0.15, 0.2) is 42.7 Å². The minimum atomic E-state index is 0.503. The molecule has 0 radical (unpaired) electrons. The maximum atomic E-state index is 5.02. The van der Waals surface area contributed by atoms with E-state index in [0.717, 1.165) is 16.8 Å². The summed E-state index contributed by atoms with van der Waals surface area (Å²) < 4.78 is 0.503. The molecule has 0 aliphatic heterocycles. The maximum absolute atomic E-state index is 5.02. The summed E-state index contributed by atoms with van der Waals surface area (Å²) in [5, 5.41) is 1.18. The lowest BCUT2D eigenvalue weighted by Gasteiger charge is -1.98. The van der Waals surface area contributed by atoms with Crippen LogP contribution in [-0.2, 0) is 0 Å². The molecule has 0 saturated heterocycles. The maximum Gasteiger partial charge on any atom is 0.197 e. The Kier molecular flexibility index (Phi) is 2.08. The van der Waals surface area contributed by atoms with E-state index >= 15 is 0 Å². The second kappa shape index (κ2) is 3.57. The lowest BCUT2D eigenvalue weighted by atomic mass is 10.1. The first-order valence-electron chi connectivity index (χ1n) is 4.96. The van der Waals surface area contributed by atoms with Crippen LogP contribution in [-0.4, -0.2) is 15.0 Å². The van der Waals surface area contributed by atoms with Gasteiger partial charge in [0, 0.05) is 28.9 Å². The Hall–Kier alpha value is -1.94. The van der Waals surface area contributed by atoms with Crippen molar-refractivity contribution in [3.63, 3.8) is 0 Å². The lowest BCUT2D eigenvalue weighted by Crippen LogP contribution is -1.84. The Bertz CT molecular complexity index is 696. The van der Waals surface area contributed by atoms with Gasteiger partial charge in [-0.2, -0.15) is 0 Å². The van der Waals surface area contributed by atoms with Crippen LogP contribution >= 0.6 is 12.2 Å². The monoisotopic (exact) mass is 227 g/mol. The number of aromatic amines is 2. The molecule has 1 aromatic carbocycles. The Morgan fingerprint density at radius 2 is 2.00 bits per heavy atom. The normalized spacial score (nSPS) is 10.8. The zero-order chi connectivity index (χ0) is 11.0. The fourth-order valence-electron chi connectivity index (χ4n) is 1.82. The van der Waals surface area contributed by atoms with Crippen LogP contribution in [0.3, 0.4) is 0 Å². The summed E-state index contributed by atoms with van der Waals surface area (Å²) in [7, 11) is 0. The Morgan fingerprint density at radius 1 is 1.12 bits per heavy atom. The van der Waals surface area contributed by atoms with Gasteiger partial charge in [-0.05, 0) is 24.4 Å². The Labute approximate surface area is 97.2 Å². The van der Waals surface area contributed by atoms with Crippen LogP contribution in [0.5, 0.6) is 0 Å². The molecule has 4 heteroatoms. The smallest absolute Gasteiger partial charge is 0.197 e. The van der Waals surface area contributed by atoms with Crippen LogP contribution in [0.25, 0.3) is 22.2 Å². The lowest BCUT2D eigenvalue weighted by molar-refractivity contribution is 1.14. The molecule has 0 amide bonds. The molecule has 2 aromatic heterocycles. The van der Waals surface area contributed by atoms with Crippen molar-refractivity contribution in [3.8, 4) is 11.3 Å². The average molecular weight is 227 g/mol. The number of H-pyrrole nitrogens is 2. The van der Waals surface area contributed by atoms with Gasteiger partial charge in [-0.15, -0.1) is 0 Å². The molecule has 0 spiro atoms. The zero-order valence-corrected chi connectivity index (χ0v) is 9.21. The van der Waals surface area contributed by atoms with E-state index in [2.05, 4.69) is 27.1 Å². The fourth-order valence-corrected chi connectivity index (χ4v) is 1.99. The van der Waals surface area contributed by atoms with Crippen molar-refractivity contribution >= 4 is 23.1 Å². The molecule has 0 unspecified atom stereocenters. The van der Waals surface area contributed by atoms with E-state index in [9.17, 15) is 0 Å². The van der Waals surface area contributed by atoms with Crippen LogP contribution in [0.4, 0.5) is 0 Å². The van der Waals surface area contributed by atoms with Gasteiger partial charge in [0.25, 0.3) is 0 Å². The van der Waals surface area contributed by atoms with Gasteiger partial charge < -0.3 is 9.97 Å². The van der Waals surface area contributed by atoms with Crippen molar-refractivity contribution in [1.82, 2.24) is 15.0 Å². The van der Waals surface area contributed by atoms with Crippen LogP contribution < -0.4 is 0 Å². The number of para-hydroxylation sites is 1. The van der Waals surface area contributed by atoms with Crippen LogP contribution in [0, 0.1) is 4.77 Å². The second-order valence-electron chi connectivity index (χ2n) is 3.54. The predicted molar refractivity (Wildman–Crippen MR) is 66.7 cm³/mol. The molecular formula is C12H9N3S. The number of fused-ring (bicyclic) bond motifs is 1. The molecule has 0 atom stereocenters. The molecule has 2 N–H and O–H groups in total. The quantitative estimate of drug-likeness (QED) is 0.626. The van der Waals surface area contributed by atoms with E-state index in [1.54, 1.807) is 6.20 Å². The van der Waals surface area contributed by atoms with E-state index in [0.29, 0.717) is 4.77 Å². The molecule has 0 aliphatic carbocycles. The summed E-state index contributed by atoms with van der Waals surface area (Å²) in [6, 6.07) is 10.1. The van der Waals surface area contributed by atoms with Gasteiger partial charge in [0.15, 0.2) is 4.77 Å². The van der Waals surface area contributed by atoms with Gasteiger partial charge in [-0.3, -0.25) is 0 Å². The molecule has 0 bridgehead atoms. The predicted octanol–water partition coefficient (Wildman–Crippen LogP) is 3.29. The highest BCUT2D eigenvalue weighted by Crippen LogP contribution is 2.26. The molecule has 2 heterocycles. The number of nitrogens with one attached hydrogen (secondary N) is 2. The molecule has 78 valence electrons. The van der Waals surface area contributed by atoms with E-state index in [1.165, 1.54) is 5.39 Å². The molecule has 16 heavy (non-hydrogen) atoms. The van der Waals surface area contributed by atoms with Crippen LogP contribution in [0.1, 0.15) is 0 Å². The molecule has 3 nitrogen and oxygen atoms in total. The van der Waals surface area contributed by atoms with E-state index in [-0.39, 0.29) is 0 Å². The van der Waals surface area contributed by atoms with Gasteiger partial charge in [0.2, 0.25) is 0 Å². The minimum Gasteiger partial charge on any atom is -0.360 e. The Balaban J connectivity index is 2.30. The molecule has 0 saturated carbocycles. The van der Waals surface area contributed by atoms with Crippen molar-refractivity contribution in [2.75, 3.05) is 0 Å². The standard InChI is InChI=1S/C12H9N3S/c16-12-13-6-5-11(15-12)9-7-14-10-4-2-1-3-8(9)10/h1-7,14H,(H,13,15,16). The SMILES string of the molecule is S=c1nccc(-c2c[nH]c3ccccc23)[nH]1. The second-order valence-corrected chi connectivity index (χ2v) is 3.92. The van der Waals surface area contributed by atoms with Crippen molar-refractivity contribution < 1.29 is 0 Å². The largest absolute Gasteiger partial charge is 0.360 e. The van der Waals surface area contributed by atoms with Gasteiger partial charge in [0.05, 0.1) is 5.69 Å². The van der Waals surface area contributed by atoms with Crippen LogP contribution in [0.2, 0.25) is 0 Å². The van der Waals surface area contributed by atoms with Gasteiger partial charge in [-0.1, -0.05) is 18.2 Å². The highest BCUT2D eigenvalue weighted by molar-refractivity contribution is 7.71. The summed E-state index contributed by atoms with van der Waals surface area (Å²) in [6.45, 7) is 0. The highest BCUT2D eigenvalue weighted by Gasteiger charge is 2.04. The van der Waals surface area contributed by atoms with Gasteiger partial charge >= 0.3 is 0 Å². The first-order chi connectivity index (χ1) is 7.84. The summed E-state index contributed by atoms with van der Waals surface area (Å²) in [4.78, 5) is 10.3. The zero-order valence-electron chi connectivity index (χ0n) is 8.40. The molecule has 0 fully saturated rings. The van der Waals surface area contributed by atoms with Crippen molar-refractivity contribution in [3.05, 3.63) is 47.5 Å². The summed E-state index contributed by atoms with van der Waals surface area (Å²) in [6.07, 6.45) is 3.70. The van der Waals surface area contributed by atoms with Crippen molar-refractivity contribution in [1.29, 1.82) is 0 Å². The van der Waals surface area contributed by atoms with E-state index < -0.39 is 0 Å². The first kappa shape index (κ1) is 9.30. The van der Waals surface area contributed by atoms with E-state index in [4.69, 9.17) is 12.2 Å². The molecule has 3 rings (SSSR count). The molecular weight excluding hydrogens is 218 g/mol. The number of nitrogens with zero attached hydrogens (tertiary/aromatic N) is 1. The van der Waals surface area contributed by atoms with E-state index in [1.807, 2.05) is 24.4 Å². The minimum absolute atomic E-state index is 0.503. The summed E-state index contributed by atoms with van der Waals surface area (Å²) in [5.74, 6) is 0. The molecule has 3 aromatic rings. The van der Waals surface area contributed by atoms with Gasteiger partial charge in [-0.25, -0.2) is 4.98 Å². The van der Waals surface area contributed by atoms with Crippen molar-refractivity contribution in [2.45, 2.75) is 0 Å². The number of hydrogen-bond donors (Lipinski definition) is 2. The number of rotatable bonds is 1. The fraction of sp³-hybridized carbons (Fsp3) is 0. The third kappa shape index (κ3) is 1.44. The highest BCUT2D eigenvalue weighted by atomic mass is 32.1. The summed E-state index contributed by atoms with van der Waals surface area (Å²) >= 11 is 5.02. The third-order valence-electron chi connectivity index (χ3n) is 2.55. The molecule has 0 aliphatic rings. The van der Waals surface area contributed by atoms with Crippen molar-refractivity contribution in [2.24, 2.45) is 0 Å². The number of hydrogen-bond acceptors (Lipinski definition) is 2. The topological polar surface area (TPSA) is 44.5 Å². The third-order valence-corrected chi connectivity index (χ3v) is 2.76. The Morgan fingerprint density at radius 3 is 2.88 bits per heavy atom. The van der Waals surface area contributed by atoms with Gasteiger partial charge in [0.1, 0.15) is 0 Å².